The Labute approximate surface area is 216 Å². The molecule has 3 rings (SSSR count). The highest BCUT2D eigenvalue weighted by Crippen LogP contribution is 2.07. The Kier molecular flexibility index (Phi) is 11.9. The third-order valence-electron chi connectivity index (χ3n) is 4.54. The Morgan fingerprint density at radius 2 is 1.54 bits per heavy atom. The first-order valence-electron chi connectivity index (χ1n) is 10.7. The van der Waals surface area contributed by atoms with Crippen molar-refractivity contribution in [3.8, 4) is 6.07 Å². The molecule has 37 heavy (non-hydrogen) atoms. The van der Waals surface area contributed by atoms with Gasteiger partial charge in [0.15, 0.2) is 9.84 Å². The van der Waals surface area contributed by atoms with Gasteiger partial charge in [-0.25, -0.2) is 18.4 Å². The summed E-state index contributed by atoms with van der Waals surface area (Å²) in [4.78, 5) is 22.2. The number of pyridine rings is 1. The van der Waals surface area contributed by atoms with Gasteiger partial charge in [0.25, 0.3) is 0 Å². The molecule has 0 saturated heterocycles. The summed E-state index contributed by atoms with van der Waals surface area (Å²) in [5.74, 6) is -0.341. The van der Waals surface area contributed by atoms with Crippen LogP contribution in [-0.2, 0) is 16.3 Å². The molecule has 0 aliphatic rings. The Balaban J connectivity index is 0.000000288. The van der Waals surface area contributed by atoms with Crippen molar-refractivity contribution in [3.63, 3.8) is 0 Å². The number of rotatable bonds is 7. The average molecular weight is 520 g/mol. The van der Waals surface area contributed by atoms with E-state index in [0.717, 1.165) is 22.1 Å². The third kappa shape index (κ3) is 11.4. The average Bonchev–Trinajstić information content (AvgIpc) is 2.88. The number of nitriles is 1. The Morgan fingerprint density at radius 1 is 0.973 bits per heavy atom. The lowest BCUT2D eigenvalue weighted by atomic mass is 10.1. The van der Waals surface area contributed by atoms with Gasteiger partial charge in [-0.15, -0.1) is 0 Å². The van der Waals surface area contributed by atoms with Crippen LogP contribution in [0.15, 0.2) is 80.3 Å². The molecule has 0 bridgehead atoms. The van der Waals surface area contributed by atoms with Crippen molar-refractivity contribution in [2.75, 3.05) is 5.75 Å². The molecule has 0 unspecified atom stereocenters. The zero-order chi connectivity index (χ0) is 28.0. The predicted molar refractivity (Wildman–Crippen MR) is 145 cm³/mol. The second kappa shape index (κ2) is 14.6. The molecule has 10 nitrogen and oxygen atoms in total. The van der Waals surface area contributed by atoms with Gasteiger partial charge in [0.2, 0.25) is 11.7 Å². The minimum Gasteiger partial charge on any atom is -0.399 e. The molecule has 2 aromatic heterocycles. The van der Waals surface area contributed by atoms with Crippen LogP contribution in [0.2, 0.25) is 0 Å². The minimum atomic E-state index is -3.17. The van der Waals surface area contributed by atoms with Crippen molar-refractivity contribution in [1.82, 2.24) is 15.0 Å². The summed E-state index contributed by atoms with van der Waals surface area (Å²) in [6, 6.07) is 10.3. The van der Waals surface area contributed by atoms with E-state index >= 15 is 0 Å². The Bertz CT molecular complexity index is 1390. The van der Waals surface area contributed by atoms with Crippen LogP contribution in [0.3, 0.4) is 0 Å². The van der Waals surface area contributed by atoms with Gasteiger partial charge in [0, 0.05) is 58.3 Å². The Hall–Kier alpha value is -4.82. The lowest BCUT2D eigenvalue weighted by molar-refractivity contribution is 0.1000. The molecule has 3 aromatic rings. The highest BCUT2D eigenvalue weighted by atomic mass is 32.2. The first-order chi connectivity index (χ1) is 17.4. The monoisotopic (exact) mass is 519 g/mol. The van der Waals surface area contributed by atoms with E-state index in [0.29, 0.717) is 28.9 Å². The van der Waals surface area contributed by atoms with E-state index in [1.54, 1.807) is 42.7 Å². The van der Waals surface area contributed by atoms with E-state index in [1.165, 1.54) is 12.4 Å². The normalized spacial score (nSPS) is 9.84. The molecule has 192 valence electrons. The summed E-state index contributed by atoms with van der Waals surface area (Å²) < 4.78 is 22.3. The van der Waals surface area contributed by atoms with E-state index in [4.69, 9.17) is 22.5 Å². The summed E-state index contributed by atoms with van der Waals surface area (Å²) in [6.45, 7) is 12.3. The number of hydrogen-bond donors (Lipinski definition) is 3. The van der Waals surface area contributed by atoms with E-state index in [9.17, 15) is 13.2 Å². The van der Waals surface area contributed by atoms with Crippen molar-refractivity contribution in [1.29, 1.82) is 5.26 Å². The lowest BCUT2D eigenvalue weighted by Gasteiger charge is -2.01. The fraction of sp³-hybridized carbons (Fsp3) is 0.115. The van der Waals surface area contributed by atoms with Gasteiger partial charge >= 0.3 is 0 Å². The molecule has 1 aromatic carbocycles. The molecule has 0 spiro atoms. The predicted octanol–water partition coefficient (Wildman–Crippen LogP) is 2.48. The molecule has 0 radical (unpaired) electrons. The molecule has 0 fully saturated rings. The van der Waals surface area contributed by atoms with Crippen LogP contribution in [-0.4, -0.2) is 35.0 Å². The van der Waals surface area contributed by atoms with Gasteiger partial charge in [-0.2, -0.15) is 5.26 Å². The molecule has 1 amide bonds. The van der Waals surface area contributed by atoms with Crippen LogP contribution in [0, 0.1) is 18.3 Å². The highest BCUT2D eigenvalue weighted by Gasteiger charge is 2.06. The van der Waals surface area contributed by atoms with Crippen LogP contribution in [0.25, 0.3) is 11.4 Å². The highest BCUT2D eigenvalue weighted by molar-refractivity contribution is 7.94. The number of benzene rings is 1. The largest absolute Gasteiger partial charge is 0.399 e. The van der Waals surface area contributed by atoms with Gasteiger partial charge in [-0.3, -0.25) is 9.78 Å². The van der Waals surface area contributed by atoms with E-state index in [2.05, 4.69) is 34.7 Å². The maximum atomic E-state index is 11.2. The summed E-state index contributed by atoms with van der Waals surface area (Å²) >= 11 is 0. The van der Waals surface area contributed by atoms with Crippen molar-refractivity contribution >= 4 is 27.1 Å². The number of amides is 1. The number of nitrogens with zero attached hydrogens (tertiary/aromatic N) is 4. The van der Waals surface area contributed by atoms with Gasteiger partial charge in [0.05, 0.1) is 5.75 Å². The standard InChI is InChI=1S/C11H13NO3S.C8H10N2.C7H6N4/c1-2-16(14,15)8-7-9-3-5-10(6-4-9)11(12)13;1-6-3-8(7(2)9)5-10-4-6;1-5(9)6-3-10-7(2-8)11-4-6/h2-6H,1,7-8H2,(H2,12,13);3-5H,2,9H2,1H3;3-4H,1,9H2. The van der Waals surface area contributed by atoms with Crippen LogP contribution >= 0.6 is 0 Å². The maximum absolute atomic E-state index is 11.2. The maximum Gasteiger partial charge on any atom is 0.248 e. The number of carbonyl (C=O) groups excluding carboxylic acids is 1. The van der Waals surface area contributed by atoms with Crippen LogP contribution in [0.4, 0.5) is 0 Å². The molecule has 0 saturated carbocycles. The molecule has 0 aliphatic carbocycles. The summed E-state index contributed by atoms with van der Waals surface area (Å²) in [7, 11) is -3.17. The third-order valence-corrected chi connectivity index (χ3v) is 5.82. The smallest absolute Gasteiger partial charge is 0.248 e. The van der Waals surface area contributed by atoms with E-state index < -0.39 is 15.7 Å². The Morgan fingerprint density at radius 3 is 1.95 bits per heavy atom. The van der Waals surface area contributed by atoms with Crippen molar-refractivity contribution in [2.24, 2.45) is 17.2 Å². The summed E-state index contributed by atoms with van der Waals surface area (Å²) in [6.07, 6.45) is 6.82. The van der Waals surface area contributed by atoms with Gasteiger partial charge in [-0.05, 0) is 42.7 Å². The molecule has 6 N–H and O–H groups in total. The van der Waals surface area contributed by atoms with E-state index in [-0.39, 0.29) is 11.6 Å². The summed E-state index contributed by atoms with van der Waals surface area (Å²) in [5, 5.41) is 9.29. The van der Waals surface area contributed by atoms with Crippen molar-refractivity contribution < 1.29 is 13.2 Å². The SMILES string of the molecule is C=C(N)c1cnc(C#N)nc1.C=C(N)c1cncc(C)c1.C=CS(=O)(=O)CCc1ccc(C(N)=O)cc1. The van der Waals surface area contributed by atoms with Gasteiger partial charge in [-0.1, -0.05) is 31.9 Å². The molecule has 2 heterocycles. The number of aromatic nitrogens is 3. The number of primary amides is 1. The molecule has 0 aliphatic heterocycles. The topological polar surface area (TPSA) is 192 Å². The summed E-state index contributed by atoms with van der Waals surface area (Å²) in [5.41, 5.74) is 20.7. The van der Waals surface area contributed by atoms with Crippen molar-refractivity contribution in [2.45, 2.75) is 13.3 Å². The second-order valence-corrected chi connectivity index (χ2v) is 9.62. The number of carbonyl (C=O) groups is 1. The molecular weight excluding hydrogens is 490 g/mol. The zero-order valence-corrected chi connectivity index (χ0v) is 21.3. The minimum absolute atomic E-state index is 0.0203. The second-order valence-electron chi connectivity index (χ2n) is 7.55. The molecule has 11 heteroatoms. The van der Waals surface area contributed by atoms with Crippen molar-refractivity contribution in [3.05, 3.63) is 114 Å². The molecular formula is C26H29N7O3S. The molecule has 0 atom stereocenters. The van der Waals surface area contributed by atoms with Gasteiger partial charge in [0.1, 0.15) is 6.07 Å². The van der Waals surface area contributed by atoms with Gasteiger partial charge < -0.3 is 17.2 Å². The van der Waals surface area contributed by atoms with Crippen LogP contribution < -0.4 is 17.2 Å². The quantitative estimate of drug-likeness (QED) is 0.420. The fourth-order valence-electron chi connectivity index (χ4n) is 2.46. The fourth-order valence-corrected chi connectivity index (χ4v) is 3.15. The zero-order valence-electron chi connectivity index (χ0n) is 20.5. The van der Waals surface area contributed by atoms with E-state index in [1.807, 2.05) is 13.0 Å². The first kappa shape index (κ1) is 30.2. The number of hydrogen-bond acceptors (Lipinski definition) is 9. The number of aryl methyl sites for hydroxylation is 2. The number of sulfone groups is 1. The lowest BCUT2D eigenvalue weighted by Crippen LogP contribution is -2.11. The number of nitrogens with two attached hydrogens (primary N) is 3. The first-order valence-corrected chi connectivity index (χ1v) is 12.4. The van der Waals surface area contributed by atoms with Crippen LogP contribution in [0.5, 0.6) is 0 Å². The van der Waals surface area contributed by atoms with Crippen LogP contribution in [0.1, 0.15) is 38.4 Å².